The maximum Gasteiger partial charge on any atom is 0.166 e. The van der Waals surface area contributed by atoms with Gasteiger partial charge >= 0.3 is 0 Å². The monoisotopic (exact) mass is 359 g/mol. The molecule has 3 heterocycles. The molecule has 0 atom stereocenters. The molecule has 5 nitrogen and oxygen atoms in total. The number of anilines is 1. The zero-order chi connectivity index (χ0) is 18.8. The number of ketones is 1. The molecule has 0 aliphatic rings. The highest BCUT2D eigenvalue weighted by atomic mass is 16.3. The number of benzene rings is 1. The number of furan rings is 1. The minimum atomic E-state index is 0.0699. The van der Waals surface area contributed by atoms with Crippen LogP contribution in [0.3, 0.4) is 0 Å². The smallest absolute Gasteiger partial charge is 0.166 e. The van der Waals surface area contributed by atoms with Crippen LogP contribution in [0.15, 0.2) is 53.2 Å². The highest BCUT2D eigenvalue weighted by Crippen LogP contribution is 2.33. The maximum absolute atomic E-state index is 12.5. The van der Waals surface area contributed by atoms with E-state index in [2.05, 4.69) is 15.3 Å². The Bertz CT molecular complexity index is 1120. The fourth-order valence-electron chi connectivity index (χ4n) is 3.34. The molecule has 1 N–H and O–H groups in total. The van der Waals surface area contributed by atoms with Crippen molar-refractivity contribution in [1.29, 1.82) is 0 Å². The van der Waals surface area contributed by atoms with E-state index < -0.39 is 0 Å². The molecule has 0 amide bonds. The number of hydrogen-bond acceptors (Lipinski definition) is 5. The van der Waals surface area contributed by atoms with Gasteiger partial charge in [0.2, 0.25) is 0 Å². The van der Waals surface area contributed by atoms with Crippen molar-refractivity contribution in [1.82, 2.24) is 9.97 Å². The lowest BCUT2D eigenvalue weighted by molar-refractivity contribution is 0.0988. The van der Waals surface area contributed by atoms with Crippen molar-refractivity contribution in [2.24, 2.45) is 0 Å². The maximum atomic E-state index is 12.5. The molecule has 0 saturated carbocycles. The van der Waals surface area contributed by atoms with Gasteiger partial charge in [-0.1, -0.05) is 19.1 Å². The molecule has 5 heteroatoms. The number of nitrogens with one attached hydrogen (secondary N) is 1. The molecule has 4 rings (SSSR count). The van der Waals surface area contributed by atoms with Gasteiger partial charge in [0.1, 0.15) is 11.3 Å². The predicted octanol–water partition coefficient (Wildman–Crippen LogP) is 4.93. The first-order valence-electron chi connectivity index (χ1n) is 9.16. The van der Waals surface area contributed by atoms with E-state index in [9.17, 15) is 4.79 Å². The summed E-state index contributed by atoms with van der Waals surface area (Å²) in [6.45, 7) is 4.46. The molecular formula is C22H21N3O2. The number of aromatic nitrogens is 2. The lowest BCUT2D eigenvalue weighted by Crippen LogP contribution is -2.11. The van der Waals surface area contributed by atoms with Gasteiger partial charge in [-0.15, -0.1) is 0 Å². The SMILES string of the molecule is CCC(=O)c1cnc2c(ccc3cc(C)oc32)c1NCCc1ccccn1. The van der Waals surface area contributed by atoms with E-state index in [1.807, 2.05) is 50.2 Å². The minimum Gasteiger partial charge on any atom is -0.459 e. The van der Waals surface area contributed by atoms with E-state index in [1.54, 1.807) is 12.4 Å². The standard InChI is InChI=1S/C22H21N3O2/c1-3-19(26)18-13-25-21-17(8-7-15-12-14(2)27-22(15)21)20(18)24-11-9-16-6-4-5-10-23-16/h4-8,10,12-13H,3,9,11H2,1-2H3,(H,24,25). The Kier molecular flexibility index (Phi) is 4.59. The third kappa shape index (κ3) is 3.28. The molecule has 3 aromatic heterocycles. The van der Waals surface area contributed by atoms with Gasteiger partial charge in [-0.25, -0.2) is 0 Å². The van der Waals surface area contributed by atoms with Crippen molar-refractivity contribution in [2.45, 2.75) is 26.7 Å². The molecule has 27 heavy (non-hydrogen) atoms. The summed E-state index contributed by atoms with van der Waals surface area (Å²) in [5.74, 6) is 0.915. The second-order valence-electron chi connectivity index (χ2n) is 6.56. The molecule has 0 saturated heterocycles. The average Bonchev–Trinajstić information content (AvgIpc) is 3.08. The molecule has 0 unspecified atom stereocenters. The highest BCUT2D eigenvalue weighted by molar-refractivity contribution is 6.13. The molecule has 0 aliphatic heterocycles. The Balaban J connectivity index is 1.76. The Morgan fingerprint density at radius 2 is 2.07 bits per heavy atom. The number of carbonyl (C=O) groups excluding carboxylic acids is 1. The quantitative estimate of drug-likeness (QED) is 0.494. The van der Waals surface area contributed by atoms with Crippen LogP contribution in [-0.4, -0.2) is 22.3 Å². The van der Waals surface area contributed by atoms with Crippen molar-refractivity contribution < 1.29 is 9.21 Å². The molecule has 0 aliphatic carbocycles. The van der Waals surface area contributed by atoms with Gasteiger partial charge < -0.3 is 9.73 Å². The molecule has 0 bridgehead atoms. The van der Waals surface area contributed by atoms with Gasteiger partial charge in [0.25, 0.3) is 0 Å². The number of rotatable bonds is 6. The van der Waals surface area contributed by atoms with Crippen LogP contribution >= 0.6 is 0 Å². The van der Waals surface area contributed by atoms with Crippen LogP contribution < -0.4 is 5.32 Å². The second kappa shape index (κ2) is 7.19. The van der Waals surface area contributed by atoms with Crippen LogP contribution in [-0.2, 0) is 6.42 Å². The number of nitrogens with zero attached hydrogens (tertiary/aromatic N) is 2. The van der Waals surface area contributed by atoms with E-state index in [4.69, 9.17) is 4.42 Å². The number of hydrogen-bond donors (Lipinski definition) is 1. The summed E-state index contributed by atoms with van der Waals surface area (Å²) >= 11 is 0. The Hall–Kier alpha value is -3.21. The van der Waals surface area contributed by atoms with Crippen LogP contribution in [0.5, 0.6) is 0 Å². The average molecular weight is 359 g/mol. The summed E-state index contributed by atoms with van der Waals surface area (Å²) in [6.07, 6.45) is 4.66. The first-order valence-corrected chi connectivity index (χ1v) is 9.16. The Labute approximate surface area is 157 Å². The van der Waals surface area contributed by atoms with Gasteiger partial charge in [0.05, 0.1) is 11.3 Å². The molecule has 1 aromatic carbocycles. The largest absolute Gasteiger partial charge is 0.459 e. The van der Waals surface area contributed by atoms with E-state index in [-0.39, 0.29) is 5.78 Å². The van der Waals surface area contributed by atoms with E-state index in [1.165, 1.54) is 0 Å². The van der Waals surface area contributed by atoms with Crippen molar-refractivity contribution in [3.05, 3.63) is 65.8 Å². The van der Waals surface area contributed by atoms with Crippen LogP contribution in [0.25, 0.3) is 21.9 Å². The third-order valence-electron chi connectivity index (χ3n) is 4.68. The first-order chi connectivity index (χ1) is 13.2. The minimum absolute atomic E-state index is 0.0699. The van der Waals surface area contributed by atoms with Crippen molar-refractivity contribution in [2.75, 3.05) is 11.9 Å². The zero-order valence-electron chi connectivity index (χ0n) is 15.5. The van der Waals surface area contributed by atoms with Gasteiger partial charge in [-0.05, 0) is 31.2 Å². The molecule has 0 fully saturated rings. The summed E-state index contributed by atoms with van der Waals surface area (Å²) in [5.41, 5.74) is 3.98. The van der Waals surface area contributed by atoms with E-state index in [0.29, 0.717) is 18.5 Å². The first kappa shape index (κ1) is 17.2. The number of Topliss-reactive ketones (excluding diaryl/α,β-unsaturated/α-hetero) is 1. The van der Waals surface area contributed by atoms with Gasteiger partial charge in [0.15, 0.2) is 11.4 Å². The van der Waals surface area contributed by atoms with E-state index >= 15 is 0 Å². The topological polar surface area (TPSA) is 68.0 Å². The molecular weight excluding hydrogens is 338 g/mol. The van der Waals surface area contributed by atoms with E-state index in [0.717, 1.165) is 45.4 Å². The zero-order valence-corrected chi connectivity index (χ0v) is 15.5. The van der Waals surface area contributed by atoms with Crippen molar-refractivity contribution >= 4 is 33.3 Å². The molecule has 136 valence electrons. The van der Waals surface area contributed by atoms with Crippen LogP contribution in [0.4, 0.5) is 5.69 Å². The number of carbonyl (C=O) groups is 1. The summed E-state index contributed by atoms with van der Waals surface area (Å²) in [7, 11) is 0. The fourth-order valence-corrected chi connectivity index (χ4v) is 3.34. The second-order valence-corrected chi connectivity index (χ2v) is 6.56. The summed E-state index contributed by atoms with van der Waals surface area (Å²) in [4.78, 5) is 21.4. The van der Waals surface area contributed by atoms with Crippen molar-refractivity contribution in [3.63, 3.8) is 0 Å². The van der Waals surface area contributed by atoms with Crippen LogP contribution in [0.2, 0.25) is 0 Å². The van der Waals surface area contributed by atoms with Gasteiger partial charge in [-0.2, -0.15) is 0 Å². The molecule has 0 radical (unpaired) electrons. The Morgan fingerprint density at radius 3 is 2.85 bits per heavy atom. The lowest BCUT2D eigenvalue weighted by Gasteiger charge is -2.14. The molecule has 4 aromatic rings. The summed E-state index contributed by atoms with van der Waals surface area (Å²) in [6, 6.07) is 11.9. The normalized spacial score (nSPS) is 11.2. The number of aryl methyl sites for hydroxylation is 1. The summed E-state index contributed by atoms with van der Waals surface area (Å²) < 4.78 is 5.85. The highest BCUT2D eigenvalue weighted by Gasteiger charge is 2.17. The Morgan fingerprint density at radius 1 is 1.19 bits per heavy atom. The van der Waals surface area contributed by atoms with Gasteiger partial charge in [0, 0.05) is 48.2 Å². The molecule has 0 spiro atoms. The van der Waals surface area contributed by atoms with Crippen LogP contribution in [0.1, 0.15) is 35.2 Å². The van der Waals surface area contributed by atoms with Crippen molar-refractivity contribution in [3.8, 4) is 0 Å². The van der Waals surface area contributed by atoms with Gasteiger partial charge in [-0.3, -0.25) is 14.8 Å². The lowest BCUT2D eigenvalue weighted by atomic mass is 10.0. The number of pyridine rings is 2. The summed E-state index contributed by atoms with van der Waals surface area (Å²) in [5, 5.41) is 5.36. The predicted molar refractivity (Wildman–Crippen MR) is 107 cm³/mol. The number of fused-ring (bicyclic) bond motifs is 3. The van der Waals surface area contributed by atoms with Crippen LogP contribution in [0, 0.1) is 6.92 Å². The third-order valence-corrected chi connectivity index (χ3v) is 4.68. The fraction of sp³-hybridized carbons (Fsp3) is 0.227.